The molecule has 0 aromatic carbocycles. The molecule has 0 aliphatic carbocycles. The second kappa shape index (κ2) is 4.91. The molecule has 0 aromatic rings. The summed E-state index contributed by atoms with van der Waals surface area (Å²) in [5, 5.41) is 0. The van der Waals surface area contributed by atoms with E-state index in [-0.39, 0.29) is 11.9 Å². The third-order valence-corrected chi connectivity index (χ3v) is 3.04. The Labute approximate surface area is 89.9 Å². The molecule has 0 radical (unpaired) electrons. The maximum absolute atomic E-state index is 11.4. The summed E-state index contributed by atoms with van der Waals surface area (Å²) in [6, 6.07) is -0.368. The zero-order valence-electron chi connectivity index (χ0n) is 8.77. The SMILES string of the molecule is CS(=O)(=O)NCCCN1CCC(N)C1=O. The average Bonchev–Trinajstić information content (AvgIpc) is 2.42. The third kappa shape index (κ3) is 4.15. The topological polar surface area (TPSA) is 92.5 Å². The highest BCUT2D eigenvalue weighted by Crippen LogP contribution is 2.08. The Morgan fingerprint density at radius 3 is 2.73 bits per heavy atom. The molecule has 0 aromatic heterocycles. The summed E-state index contributed by atoms with van der Waals surface area (Å²) in [6.07, 6.45) is 2.42. The van der Waals surface area contributed by atoms with E-state index in [1.54, 1.807) is 4.90 Å². The zero-order valence-corrected chi connectivity index (χ0v) is 9.59. The van der Waals surface area contributed by atoms with Crippen LogP contribution in [0.4, 0.5) is 0 Å². The average molecular weight is 235 g/mol. The van der Waals surface area contributed by atoms with E-state index >= 15 is 0 Å². The van der Waals surface area contributed by atoms with Crippen molar-refractivity contribution in [2.24, 2.45) is 5.73 Å². The van der Waals surface area contributed by atoms with Gasteiger partial charge in [0.2, 0.25) is 15.9 Å². The Morgan fingerprint density at radius 2 is 2.27 bits per heavy atom. The molecular weight excluding hydrogens is 218 g/mol. The van der Waals surface area contributed by atoms with Crippen molar-refractivity contribution in [2.45, 2.75) is 18.9 Å². The van der Waals surface area contributed by atoms with Gasteiger partial charge in [-0.3, -0.25) is 4.79 Å². The van der Waals surface area contributed by atoms with Crippen LogP contribution < -0.4 is 10.5 Å². The fourth-order valence-corrected chi connectivity index (χ4v) is 2.03. The number of likely N-dealkylation sites (tertiary alicyclic amines) is 1. The number of hydrogen-bond donors (Lipinski definition) is 2. The summed E-state index contributed by atoms with van der Waals surface area (Å²) >= 11 is 0. The molecule has 1 unspecified atom stereocenters. The smallest absolute Gasteiger partial charge is 0.239 e. The van der Waals surface area contributed by atoms with Crippen LogP contribution in [0.15, 0.2) is 0 Å². The van der Waals surface area contributed by atoms with Gasteiger partial charge >= 0.3 is 0 Å². The van der Waals surface area contributed by atoms with E-state index < -0.39 is 10.0 Å². The molecule has 15 heavy (non-hydrogen) atoms. The predicted octanol–water partition coefficient (Wildman–Crippen LogP) is -1.51. The standard InChI is InChI=1S/C8H17N3O3S/c1-15(13,14)10-4-2-5-11-6-3-7(9)8(11)12/h7,10H,2-6,9H2,1H3. The monoisotopic (exact) mass is 235 g/mol. The van der Waals surface area contributed by atoms with Crippen molar-refractivity contribution in [2.75, 3.05) is 25.9 Å². The Kier molecular flexibility index (Phi) is 4.06. The lowest BCUT2D eigenvalue weighted by Gasteiger charge is -2.15. The molecule has 0 saturated carbocycles. The number of amides is 1. The number of nitrogens with two attached hydrogens (primary N) is 1. The molecule has 1 amide bonds. The summed E-state index contributed by atoms with van der Waals surface area (Å²) in [4.78, 5) is 13.0. The fraction of sp³-hybridized carbons (Fsp3) is 0.875. The number of nitrogens with zero attached hydrogens (tertiary/aromatic N) is 1. The van der Waals surface area contributed by atoms with Gasteiger partial charge in [-0.2, -0.15) is 0 Å². The maximum Gasteiger partial charge on any atom is 0.239 e. The van der Waals surface area contributed by atoms with Crippen LogP contribution in [0.1, 0.15) is 12.8 Å². The second-order valence-electron chi connectivity index (χ2n) is 3.74. The largest absolute Gasteiger partial charge is 0.341 e. The highest BCUT2D eigenvalue weighted by molar-refractivity contribution is 7.88. The van der Waals surface area contributed by atoms with E-state index in [9.17, 15) is 13.2 Å². The normalized spacial score (nSPS) is 22.4. The Balaban J connectivity index is 2.19. The van der Waals surface area contributed by atoms with Crippen LogP contribution in [0.2, 0.25) is 0 Å². The van der Waals surface area contributed by atoms with E-state index in [1.807, 2.05) is 0 Å². The van der Waals surface area contributed by atoms with Crippen LogP contribution in [-0.2, 0) is 14.8 Å². The Morgan fingerprint density at radius 1 is 1.60 bits per heavy atom. The molecule has 3 N–H and O–H groups in total. The van der Waals surface area contributed by atoms with Crippen LogP contribution in [0, 0.1) is 0 Å². The lowest BCUT2D eigenvalue weighted by molar-refractivity contribution is -0.128. The van der Waals surface area contributed by atoms with Crippen molar-refractivity contribution in [3.63, 3.8) is 0 Å². The molecule has 1 atom stereocenters. The van der Waals surface area contributed by atoms with E-state index in [2.05, 4.69) is 4.72 Å². The van der Waals surface area contributed by atoms with E-state index in [4.69, 9.17) is 5.73 Å². The van der Waals surface area contributed by atoms with Crippen molar-refractivity contribution in [1.82, 2.24) is 9.62 Å². The fourth-order valence-electron chi connectivity index (χ4n) is 1.51. The van der Waals surface area contributed by atoms with Gasteiger partial charge in [0.05, 0.1) is 12.3 Å². The van der Waals surface area contributed by atoms with Crippen LogP contribution in [0.5, 0.6) is 0 Å². The minimum Gasteiger partial charge on any atom is -0.341 e. The number of rotatable bonds is 5. The molecule has 0 spiro atoms. The molecule has 1 saturated heterocycles. The molecule has 7 heteroatoms. The summed E-state index contributed by atoms with van der Waals surface area (Å²) in [7, 11) is -3.12. The minimum absolute atomic E-state index is 0.0330. The number of carbonyl (C=O) groups is 1. The Hall–Kier alpha value is -0.660. The quantitative estimate of drug-likeness (QED) is 0.566. The van der Waals surface area contributed by atoms with Gasteiger partial charge in [0.25, 0.3) is 0 Å². The molecule has 1 aliphatic rings. The molecule has 1 heterocycles. The number of hydrogen-bond acceptors (Lipinski definition) is 4. The minimum atomic E-state index is -3.12. The summed E-state index contributed by atoms with van der Waals surface area (Å²) in [5.74, 6) is -0.0330. The van der Waals surface area contributed by atoms with Gasteiger partial charge < -0.3 is 10.6 Å². The lowest BCUT2D eigenvalue weighted by Crippen LogP contribution is -2.35. The molecule has 1 fully saturated rings. The van der Waals surface area contributed by atoms with Gasteiger partial charge in [-0.15, -0.1) is 0 Å². The predicted molar refractivity (Wildman–Crippen MR) is 56.6 cm³/mol. The molecular formula is C8H17N3O3S. The first-order valence-corrected chi connectivity index (χ1v) is 6.78. The van der Waals surface area contributed by atoms with Crippen LogP contribution in [0.25, 0.3) is 0 Å². The zero-order chi connectivity index (χ0) is 11.5. The highest BCUT2D eigenvalue weighted by atomic mass is 32.2. The molecule has 88 valence electrons. The van der Waals surface area contributed by atoms with Crippen molar-refractivity contribution < 1.29 is 13.2 Å². The van der Waals surface area contributed by atoms with Gasteiger partial charge in [-0.05, 0) is 12.8 Å². The first kappa shape index (κ1) is 12.4. The van der Waals surface area contributed by atoms with E-state index in [0.717, 1.165) is 6.26 Å². The molecule has 6 nitrogen and oxygen atoms in total. The molecule has 1 aliphatic heterocycles. The van der Waals surface area contributed by atoms with Crippen LogP contribution >= 0.6 is 0 Å². The number of sulfonamides is 1. The Bertz CT molecular complexity index is 328. The van der Waals surface area contributed by atoms with Gasteiger partial charge in [0.15, 0.2) is 0 Å². The number of carbonyl (C=O) groups excluding carboxylic acids is 1. The number of nitrogens with one attached hydrogen (secondary N) is 1. The third-order valence-electron chi connectivity index (χ3n) is 2.31. The second-order valence-corrected chi connectivity index (χ2v) is 5.57. The highest BCUT2D eigenvalue weighted by Gasteiger charge is 2.27. The first-order valence-electron chi connectivity index (χ1n) is 4.89. The van der Waals surface area contributed by atoms with Crippen molar-refractivity contribution in [3.05, 3.63) is 0 Å². The first-order chi connectivity index (χ1) is 6.90. The molecule has 0 bridgehead atoms. The van der Waals surface area contributed by atoms with Gasteiger partial charge in [-0.1, -0.05) is 0 Å². The van der Waals surface area contributed by atoms with Crippen molar-refractivity contribution in [1.29, 1.82) is 0 Å². The van der Waals surface area contributed by atoms with E-state index in [1.165, 1.54) is 0 Å². The van der Waals surface area contributed by atoms with Gasteiger partial charge in [0, 0.05) is 19.6 Å². The summed E-state index contributed by atoms with van der Waals surface area (Å²) in [6.45, 7) is 1.60. The van der Waals surface area contributed by atoms with Gasteiger partial charge in [-0.25, -0.2) is 13.1 Å². The maximum atomic E-state index is 11.4. The summed E-state index contributed by atoms with van der Waals surface area (Å²) < 4.78 is 23.8. The van der Waals surface area contributed by atoms with E-state index in [0.29, 0.717) is 32.5 Å². The van der Waals surface area contributed by atoms with Crippen molar-refractivity contribution in [3.8, 4) is 0 Å². The summed E-state index contributed by atoms with van der Waals surface area (Å²) in [5.41, 5.74) is 5.54. The van der Waals surface area contributed by atoms with Gasteiger partial charge in [0.1, 0.15) is 0 Å². The van der Waals surface area contributed by atoms with Crippen molar-refractivity contribution >= 4 is 15.9 Å². The molecule has 1 rings (SSSR count). The lowest BCUT2D eigenvalue weighted by atomic mass is 10.3. The van der Waals surface area contributed by atoms with Crippen LogP contribution in [0.3, 0.4) is 0 Å². The van der Waals surface area contributed by atoms with Crippen LogP contribution in [-0.4, -0.2) is 51.2 Å².